The highest BCUT2D eigenvalue weighted by Gasteiger charge is 2.47. The van der Waals surface area contributed by atoms with Crippen LogP contribution in [-0.4, -0.2) is 23.0 Å². The van der Waals surface area contributed by atoms with Crippen molar-refractivity contribution >= 4 is 23.5 Å². The fraction of sp³-hybridized carbons (Fsp3) is 0.500. The number of carbonyl (C=O) groups excluding carboxylic acids is 1. The lowest BCUT2D eigenvalue weighted by Crippen LogP contribution is -2.42. The highest BCUT2D eigenvalue weighted by molar-refractivity contribution is 6.31. The van der Waals surface area contributed by atoms with Gasteiger partial charge in [0.05, 0.1) is 0 Å². The highest BCUT2D eigenvalue weighted by Crippen LogP contribution is 2.50. The third-order valence-corrected chi connectivity index (χ3v) is 4.15. The second-order valence-corrected chi connectivity index (χ2v) is 6.52. The zero-order chi connectivity index (χ0) is 16.4. The molecule has 2 N–H and O–H groups in total. The van der Waals surface area contributed by atoms with Crippen LogP contribution in [0.3, 0.4) is 0 Å². The highest BCUT2D eigenvalue weighted by atomic mass is 35.5. The lowest BCUT2D eigenvalue weighted by molar-refractivity contribution is -0.142. The Hall–Kier alpha value is -1.62. The molecular weight excluding hydrogens is 309 g/mol. The molecule has 0 radical (unpaired) electrons. The van der Waals surface area contributed by atoms with E-state index in [9.17, 15) is 14.0 Å². The van der Waals surface area contributed by atoms with E-state index in [0.29, 0.717) is 23.4 Å². The van der Waals surface area contributed by atoms with Crippen LogP contribution in [0.15, 0.2) is 18.2 Å². The van der Waals surface area contributed by atoms with Gasteiger partial charge >= 0.3 is 5.97 Å². The first-order chi connectivity index (χ1) is 10.3. The topological polar surface area (TPSA) is 66.4 Å². The van der Waals surface area contributed by atoms with Crippen molar-refractivity contribution in [1.29, 1.82) is 0 Å². The number of halogens is 2. The standard InChI is InChI=1S/C16H19ClFNO3/c1-8(2)6-13(16(21)22)19-15(20)10-7-9(10)14-11(17)4-3-5-12(14)18/h3-5,8-10,13H,6-7H2,1-2H3,(H,19,20)(H,21,22)/t9?,10?,13-/m0/s1. The van der Waals surface area contributed by atoms with Gasteiger partial charge in [-0.15, -0.1) is 0 Å². The van der Waals surface area contributed by atoms with Crippen molar-refractivity contribution in [2.45, 2.75) is 38.6 Å². The van der Waals surface area contributed by atoms with Crippen LogP contribution in [0.5, 0.6) is 0 Å². The van der Waals surface area contributed by atoms with E-state index in [1.165, 1.54) is 12.1 Å². The molecule has 0 aliphatic heterocycles. The number of hydrogen-bond acceptors (Lipinski definition) is 2. The van der Waals surface area contributed by atoms with Gasteiger partial charge in [0.2, 0.25) is 5.91 Å². The molecule has 0 bridgehead atoms. The molecule has 6 heteroatoms. The van der Waals surface area contributed by atoms with Crippen LogP contribution in [-0.2, 0) is 9.59 Å². The lowest BCUT2D eigenvalue weighted by Gasteiger charge is -2.16. The summed E-state index contributed by atoms with van der Waals surface area (Å²) in [6.45, 7) is 3.78. The van der Waals surface area contributed by atoms with Gasteiger partial charge in [-0.05, 0) is 30.9 Å². The Morgan fingerprint density at radius 3 is 2.68 bits per heavy atom. The number of carbonyl (C=O) groups is 2. The summed E-state index contributed by atoms with van der Waals surface area (Å²) in [5, 5.41) is 12.0. The van der Waals surface area contributed by atoms with Crippen LogP contribution in [0.4, 0.5) is 4.39 Å². The van der Waals surface area contributed by atoms with E-state index in [-0.39, 0.29) is 17.7 Å². The minimum Gasteiger partial charge on any atom is -0.480 e. The molecule has 2 unspecified atom stereocenters. The van der Waals surface area contributed by atoms with E-state index < -0.39 is 23.7 Å². The van der Waals surface area contributed by atoms with E-state index in [1.807, 2.05) is 13.8 Å². The van der Waals surface area contributed by atoms with Gasteiger partial charge in [-0.1, -0.05) is 31.5 Å². The van der Waals surface area contributed by atoms with Crippen molar-refractivity contribution in [2.24, 2.45) is 11.8 Å². The maximum atomic E-state index is 13.8. The third-order valence-electron chi connectivity index (χ3n) is 3.82. The molecule has 1 saturated carbocycles. The van der Waals surface area contributed by atoms with E-state index in [0.717, 1.165) is 0 Å². The van der Waals surface area contributed by atoms with Crippen molar-refractivity contribution < 1.29 is 19.1 Å². The Kier molecular flexibility index (Phi) is 5.06. The first-order valence-electron chi connectivity index (χ1n) is 7.28. The summed E-state index contributed by atoms with van der Waals surface area (Å²) in [7, 11) is 0. The van der Waals surface area contributed by atoms with Gasteiger partial charge in [0, 0.05) is 22.4 Å². The maximum absolute atomic E-state index is 13.8. The first kappa shape index (κ1) is 16.7. The molecule has 0 spiro atoms. The third kappa shape index (κ3) is 3.77. The first-order valence-corrected chi connectivity index (χ1v) is 7.66. The van der Waals surface area contributed by atoms with Crippen LogP contribution >= 0.6 is 11.6 Å². The molecule has 120 valence electrons. The smallest absolute Gasteiger partial charge is 0.326 e. The molecule has 2 rings (SSSR count). The maximum Gasteiger partial charge on any atom is 0.326 e. The van der Waals surface area contributed by atoms with Crippen molar-refractivity contribution in [3.63, 3.8) is 0 Å². The fourth-order valence-corrected chi connectivity index (χ4v) is 2.94. The van der Waals surface area contributed by atoms with Crippen molar-refractivity contribution in [3.8, 4) is 0 Å². The zero-order valence-electron chi connectivity index (χ0n) is 12.5. The van der Waals surface area contributed by atoms with Gasteiger partial charge in [-0.2, -0.15) is 0 Å². The number of amides is 1. The van der Waals surface area contributed by atoms with Crippen LogP contribution in [0.2, 0.25) is 5.02 Å². The summed E-state index contributed by atoms with van der Waals surface area (Å²) in [5.41, 5.74) is 0.347. The number of nitrogens with one attached hydrogen (secondary N) is 1. The van der Waals surface area contributed by atoms with Crippen molar-refractivity contribution in [3.05, 3.63) is 34.6 Å². The van der Waals surface area contributed by atoms with E-state index >= 15 is 0 Å². The predicted octanol–water partition coefficient (Wildman–Crippen LogP) is 3.20. The summed E-state index contributed by atoms with van der Waals surface area (Å²) in [6.07, 6.45) is 0.847. The second-order valence-electron chi connectivity index (χ2n) is 6.11. The van der Waals surface area contributed by atoms with E-state index in [1.54, 1.807) is 6.07 Å². The predicted molar refractivity (Wildman–Crippen MR) is 81.3 cm³/mol. The molecule has 1 aromatic carbocycles. The quantitative estimate of drug-likeness (QED) is 0.843. The Balaban J connectivity index is 2.02. The Bertz CT molecular complexity index is 571. The molecule has 0 heterocycles. The van der Waals surface area contributed by atoms with E-state index in [2.05, 4.69) is 5.32 Å². The summed E-state index contributed by atoms with van der Waals surface area (Å²) in [4.78, 5) is 23.3. The SMILES string of the molecule is CC(C)C[C@H](NC(=O)C1CC1c1c(F)cccc1Cl)C(=O)O. The van der Waals surface area contributed by atoms with Gasteiger partial charge in [0.15, 0.2) is 0 Å². The number of aliphatic carboxylic acids is 1. The average Bonchev–Trinajstić information content (AvgIpc) is 3.17. The molecular formula is C16H19ClFNO3. The largest absolute Gasteiger partial charge is 0.480 e. The summed E-state index contributed by atoms with van der Waals surface area (Å²) in [6, 6.07) is 3.51. The molecule has 22 heavy (non-hydrogen) atoms. The van der Waals surface area contributed by atoms with E-state index in [4.69, 9.17) is 16.7 Å². The van der Waals surface area contributed by atoms with Crippen LogP contribution in [0, 0.1) is 17.7 Å². The number of rotatable bonds is 6. The summed E-state index contributed by atoms with van der Waals surface area (Å²) >= 11 is 5.99. The minimum absolute atomic E-state index is 0.150. The van der Waals surface area contributed by atoms with Crippen LogP contribution in [0.25, 0.3) is 0 Å². The monoisotopic (exact) mass is 327 g/mol. The normalized spacial score (nSPS) is 21.5. The van der Waals surface area contributed by atoms with Gasteiger partial charge in [-0.25, -0.2) is 9.18 Å². The van der Waals surface area contributed by atoms with Crippen LogP contribution < -0.4 is 5.32 Å². The second kappa shape index (κ2) is 6.65. The number of benzene rings is 1. The van der Waals surface area contributed by atoms with Gasteiger partial charge in [0.1, 0.15) is 11.9 Å². The Morgan fingerprint density at radius 2 is 2.14 bits per heavy atom. The molecule has 3 atom stereocenters. The molecule has 1 fully saturated rings. The minimum atomic E-state index is -1.05. The van der Waals surface area contributed by atoms with Crippen molar-refractivity contribution in [2.75, 3.05) is 0 Å². The molecule has 0 saturated heterocycles. The molecule has 0 aromatic heterocycles. The molecule has 4 nitrogen and oxygen atoms in total. The molecule has 1 aliphatic carbocycles. The Morgan fingerprint density at radius 1 is 1.45 bits per heavy atom. The van der Waals surface area contributed by atoms with Gasteiger partial charge in [0.25, 0.3) is 0 Å². The van der Waals surface area contributed by atoms with Gasteiger partial charge < -0.3 is 10.4 Å². The summed E-state index contributed by atoms with van der Waals surface area (Å²) in [5.74, 6) is -2.37. The molecule has 1 amide bonds. The number of carboxylic acid groups (broad SMARTS) is 1. The fourth-order valence-electron chi connectivity index (χ4n) is 2.64. The summed E-state index contributed by atoms with van der Waals surface area (Å²) < 4.78 is 13.8. The Labute approximate surface area is 133 Å². The van der Waals surface area contributed by atoms with Crippen molar-refractivity contribution in [1.82, 2.24) is 5.32 Å². The lowest BCUT2D eigenvalue weighted by atomic mass is 10.0. The van der Waals surface area contributed by atoms with Gasteiger partial charge in [-0.3, -0.25) is 4.79 Å². The van der Waals surface area contributed by atoms with Crippen LogP contribution in [0.1, 0.15) is 38.2 Å². The average molecular weight is 328 g/mol. The number of hydrogen-bond donors (Lipinski definition) is 2. The molecule has 1 aromatic rings. The molecule has 1 aliphatic rings. The number of carboxylic acids is 1. The zero-order valence-corrected chi connectivity index (χ0v) is 13.2.